The van der Waals surface area contributed by atoms with Crippen molar-refractivity contribution in [3.63, 3.8) is 0 Å². The molecule has 0 atom stereocenters. The monoisotopic (exact) mass is 389 g/mol. The summed E-state index contributed by atoms with van der Waals surface area (Å²) in [5.41, 5.74) is 2.45. The maximum Gasteiger partial charge on any atom is 0.338 e. The second-order valence-electron chi connectivity index (χ2n) is 6.31. The quantitative estimate of drug-likeness (QED) is 0.369. The van der Waals surface area contributed by atoms with Gasteiger partial charge in [0.15, 0.2) is 0 Å². The first kappa shape index (κ1) is 19.8. The second kappa shape index (κ2) is 8.40. The highest BCUT2D eigenvalue weighted by Crippen LogP contribution is 2.24. The van der Waals surface area contributed by atoms with Gasteiger partial charge in [0.25, 0.3) is 5.91 Å². The summed E-state index contributed by atoms with van der Waals surface area (Å²) in [5, 5.41) is 13.5. The van der Waals surface area contributed by atoms with Crippen LogP contribution in [0.15, 0.2) is 52.5 Å². The second-order valence-corrected chi connectivity index (χ2v) is 6.31. The fraction of sp³-hybridized carbons (Fsp3) is 0.182. The van der Waals surface area contributed by atoms with Crippen LogP contribution in [0.1, 0.15) is 39.2 Å². The minimum Gasteiger partial charge on any atom is -0.462 e. The van der Waals surface area contributed by atoms with Gasteiger partial charge in [-0.25, -0.2) is 9.48 Å². The third-order valence-electron chi connectivity index (χ3n) is 4.15. The van der Waals surface area contributed by atoms with Crippen molar-refractivity contribution in [2.24, 2.45) is 0 Å². The van der Waals surface area contributed by atoms with Crippen molar-refractivity contribution in [2.45, 2.75) is 20.8 Å². The summed E-state index contributed by atoms with van der Waals surface area (Å²) >= 11 is 0. The fourth-order valence-electron chi connectivity index (χ4n) is 2.80. The molecule has 0 bridgehead atoms. The third-order valence-corrected chi connectivity index (χ3v) is 4.15. The zero-order chi connectivity index (χ0) is 21.0. The standard InChI is InChI=1S/C22H19N3O4/c1-4-28-22(27)17-7-5-16(6-8-17)20-10-9-19(29-20)12-18(13-23)21(26)25-15(3)11-14(2)24-25/h5-12H,4H2,1-3H3/b18-12+. The summed E-state index contributed by atoms with van der Waals surface area (Å²) in [4.78, 5) is 24.3. The number of nitrogens with zero attached hydrogens (tertiary/aromatic N) is 3. The van der Waals surface area contributed by atoms with Gasteiger partial charge in [-0.05, 0) is 51.1 Å². The number of hydrogen-bond acceptors (Lipinski definition) is 6. The van der Waals surface area contributed by atoms with Crippen LogP contribution < -0.4 is 0 Å². The Morgan fingerprint density at radius 3 is 2.52 bits per heavy atom. The number of ether oxygens (including phenoxy) is 1. The lowest BCUT2D eigenvalue weighted by atomic mass is 10.1. The Morgan fingerprint density at radius 1 is 1.21 bits per heavy atom. The Labute approximate surface area is 167 Å². The number of carbonyl (C=O) groups is 2. The number of furan rings is 1. The maximum absolute atomic E-state index is 12.6. The van der Waals surface area contributed by atoms with Crippen LogP contribution in [0, 0.1) is 25.2 Å². The van der Waals surface area contributed by atoms with E-state index in [1.54, 1.807) is 63.2 Å². The van der Waals surface area contributed by atoms with Gasteiger partial charge in [-0.1, -0.05) is 12.1 Å². The smallest absolute Gasteiger partial charge is 0.338 e. The predicted molar refractivity (Wildman–Crippen MR) is 106 cm³/mol. The van der Waals surface area contributed by atoms with Crippen LogP contribution in [0.5, 0.6) is 0 Å². The van der Waals surface area contributed by atoms with E-state index in [0.29, 0.717) is 35.1 Å². The lowest BCUT2D eigenvalue weighted by Gasteiger charge is -2.02. The van der Waals surface area contributed by atoms with Crippen molar-refractivity contribution in [2.75, 3.05) is 6.61 Å². The van der Waals surface area contributed by atoms with Gasteiger partial charge in [0.05, 0.1) is 17.9 Å². The van der Waals surface area contributed by atoms with Gasteiger partial charge in [-0.3, -0.25) is 4.79 Å². The molecule has 0 fully saturated rings. The number of carbonyl (C=O) groups excluding carboxylic acids is 2. The van der Waals surface area contributed by atoms with Gasteiger partial charge in [-0.15, -0.1) is 0 Å². The molecule has 3 aromatic rings. The zero-order valence-corrected chi connectivity index (χ0v) is 16.3. The Bertz CT molecular complexity index is 1130. The lowest BCUT2D eigenvalue weighted by molar-refractivity contribution is 0.0526. The largest absolute Gasteiger partial charge is 0.462 e. The van der Waals surface area contributed by atoms with Crippen molar-refractivity contribution >= 4 is 18.0 Å². The molecule has 0 saturated carbocycles. The molecule has 7 heteroatoms. The Balaban J connectivity index is 1.83. The first-order chi connectivity index (χ1) is 13.9. The number of allylic oxidation sites excluding steroid dienone is 1. The molecule has 0 aliphatic heterocycles. The zero-order valence-electron chi connectivity index (χ0n) is 16.3. The number of benzene rings is 1. The summed E-state index contributed by atoms with van der Waals surface area (Å²) < 4.78 is 11.9. The van der Waals surface area contributed by atoms with Crippen LogP contribution in [0.2, 0.25) is 0 Å². The maximum atomic E-state index is 12.6. The van der Waals surface area contributed by atoms with Crippen LogP contribution in [-0.2, 0) is 4.74 Å². The fourth-order valence-corrected chi connectivity index (χ4v) is 2.80. The molecule has 146 valence electrons. The van der Waals surface area contributed by atoms with Gasteiger partial charge < -0.3 is 9.15 Å². The Kier molecular flexibility index (Phi) is 5.74. The van der Waals surface area contributed by atoms with Crippen LogP contribution >= 0.6 is 0 Å². The molecule has 0 spiro atoms. The molecule has 2 aromatic heterocycles. The number of rotatable bonds is 5. The molecule has 2 heterocycles. The lowest BCUT2D eigenvalue weighted by Crippen LogP contribution is -2.15. The van der Waals surface area contributed by atoms with E-state index in [-0.39, 0.29) is 11.5 Å². The number of esters is 1. The van der Waals surface area contributed by atoms with E-state index in [9.17, 15) is 14.9 Å². The minimum atomic E-state index is -0.519. The van der Waals surface area contributed by atoms with Crippen molar-refractivity contribution < 1.29 is 18.7 Å². The van der Waals surface area contributed by atoms with Crippen molar-refractivity contribution in [3.8, 4) is 17.4 Å². The number of nitriles is 1. The summed E-state index contributed by atoms with van der Waals surface area (Å²) in [6.07, 6.45) is 1.38. The van der Waals surface area contributed by atoms with Crippen molar-refractivity contribution in [3.05, 3.63) is 70.7 Å². The van der Waals surface area contributed by atoms with Crippen LogP contribution in [-0.4, -0.2) is 28.3 Å². The topological polar surface area (TPSA) is 98.1 Å². The highest BCUT2D eigenvalue weighted by Gasteiger charge is 2.16. The number of aryl methyl sites for hydroxylation is 2. The highest BCUT2D eigenvalue weighted by molar-refractivity contribution is 6.02. The number of aromatic nitrogens is 2. The molecule has 0 saturated heterocycles. The minimum absolute atomic E-state index is 0.0882. The molecule has 1 aromatic carbocycles. The average Bonchev–Trinajstić information content (AvgIpc) is 3.31. The van der Waals surface area contributed by atoms with E-state index >= 15 is 0 Å². The normalized spacial score (nSPS) is 11.2. The average molecular weight is 389 g/mol. The van der Waals surface area contributed by atoms with E-state index < -0.39 is 5.91 Å². The summed E-state index contributed by atoms with van der Waals surface area (Å²) in [6.45, 7) is 5.59. The summed E-state index contributed by atoms with van der Waals surface area (Å²) in [5.74, 6) is 0.00157. The van der Waals surface area contributed by atoms with Gasteiger partial charge in [-0.2, -0.15) is 10.4 Å². The molecule has 3 rings (SSSR count). The van der Waals surface area contributed by atoms with E-state index in [2.05, 4.69) is 5.10 Å². The van der Waals surface area contributed by atoms with Crippen molar-refractivity contribution in [1.82, 2.24) is 9.78 Å². The van der Waals surface area contributed by atoms with E-state index in [1.165, 1.54) is 10.8 Å². The third kappa shape index (κ3) is 4.33. The van der Waals surface area contributed by atoms with Gasteiger partial charge in [0.2, 0.25) is 0 Å². The first-order valence-electron chi connectivity index (χ1n) is 9.00. The van der Waals surface area contributed by atoms with Crippen LogP contribution in [0.25, 0.3) is 17.4 Å². The summed E-state index contributed by atoms with van der Waals surface area (Å²) in [7, 11) is 0. The summed E-state index contributed by atoms with van der Waals surface area (Å²) in [6, 6.07) is 13.8. The van der Waals surface area contributed by atoms with E-state index in [0.717, 1.165) is 5.56 Å². The Hall–Kier alpha value is -3.92. The molecule has 0 aliphatic carbocycles. The van der Waals surface area contributed by atoms with Crippen molar-refractivity contribution in [1.29, 1.82) is 5.26 Å². The van der Waals surface area contributed by atoms with E-state index in [1.807, 2.05) is 6.07 Å². The molecule has 0 aliphatic rings. The molecule has 0 N–H and O–H groups in total. The van der Waals surface area contributed by atoms with Gasteiger partial charge in [0.1, 0.15) is 23.2 Å². The highest BCUT2D eigenvalue weighted by atomic mass is 16.5. The van der Waals surface area contributed by atoms with Crippen LogP contribution in [0.4, 0.5) is 0 Å². The molecule has 0 radical (unpaired) electrons. The Morgan fingerprint density at radius 2 is 1.93 bits per heavy atom. The van der Waals surface area contributed by atoms with Crippen LogP contribution in [0.3, 0.4) is 0 Å². The molecule has 0 unspecified atom stereocenters. The van der Waals surface area contributed by atoms with Gasteiger partial charge >= 0.3 is 5.97 Å². The van der Waals surface area contributed by atoms with E-state index in [4.69, 9.17) is 9.15 Å². The first-order valence-corrected chi connectivity index (χ1v) is 9.00. The predicted octanol–water partition coefficient (Wildman–Crippen LogP) is 4.18. The molecule has 7 nitrogen and oxygen atoms in total. The molecular weight excluding hydrogens is 370 g/mol. The molecule has 0 amide bonds. The van der Waals surface area contributed by atoms with Gasteiger partial charge in [0, 0.05) is 17.3 Å². The SMILES string of the molecule is CCOC(=O)c1ccc(-c2ccc(/C=C(\C#N)C(=O)n3nc(C)cc3C)o2)cc1. The number of hydrogen-bond donors (Lipinski definition) is 0. The molecule has 29 heavy (non-hydrogen) atoms. The molecular formula is C22H19N3O4.